The van der Waals surface area contributed by atoms with E-state index in [0.717, 1.165) is 7.11 Å². The van der Waals surface area contributed by atoms with Gasteiger partial charge in [0.2, 0.25) is 0 Å². The van der Waals surface area contributed by atoms with E-state index in [0.29, 0.717) is 0 Å². The molecule has 0 rings (SSSR count). The van der Waals surface area contributed by atoms with Crippen LogP contribution in [0.1, 0.15) is 0 Å². The Bertz CT molecular complexity index is 34.7. The van der Waals surface area contributed by atoms with Crippen LogP contribution in [0, 0.1) is 10.1 Å². The normalized spacial score (nSPS) is 4.29. The van der Waals surface area contributed by atoms with Crippen molar-refractivity contribution >= 4 is 37.7 Å². The van der Waals surface area contributed by atoms with E-state index >= 15 is 0 Å². The van der Waals surface area contributed by atoms with Crippen molar-refractivity contribution in [1.29, 1.82) is 0 Å². The topological polar surface area (TPSA) is 83.6 Å². The molecule has 7 heavy (non-hydrogen) atoms. The van der Waals surface area contributed by atoms with Gasteiger partial charge in [0, 0.05) is 7.11 Å². The van der Waals surface area contributed by atoms with E-state index in [4.69, 9.17) is 20.4 Å². The minimum atomic E-state index is -1.50. The van der Waals surface area contributed by atoms with Crippen LogP contribution >= 0.6 is 0 Å². The van der Waals surface area contributed by atoms with Crippen molar-refractivity contribution in [3.05, 3.63) is 10.1 Å². The Morgan fingerprint density at radius 1 is 1.57 bits per heavy atom. The second-order valence-electron chi connectivity index (χ2n) is 0.238. The second kappa shape index (κ2) is 16.1. The standard InChI is InChI=1S/CH4O.Ca.HNO3.2H/c1-2;;2-1(3)4;;/h2H,1H3;;(H,2,3,4);;. The summed E-state index contributed by atoms with van der Waals surface area (Å²) in [7, 11) is 1.00. The van der Waals surface area contributed by atoms with Crippen LogP contribution in [0.4, 0.5) is 0 Å². The summed E-state index contributed by atoms with van der Waals surface area (Å²) in [4.78, 5) is 8.36. The van der Waals surface area contributed by atoms with Crippen LogP contribution < -0.4 is 0 Å². The van der Waals surface area contributed by atoms with Crippen molar-refractivity contribution in [2.24, 2.45) is 0 Å². The fourth-order valence-electron chi connectivity index (χ4n) is 0. The first-order valence-corrected chi connectivity index (χ1v) is 1.01. The minimum absolute atomic E-state index is 0. The van der Waals surface area contributed by atoms with Gasteiger partial charge in [-0.15, -0.1) is 10.1 Å². The van der Waals surface area contributed by atoms with Gasteiger partial charge in [0.05, 0.1) is 0 Å². The number of rotatable bonds is 0. The summed E-state index contributed by atoms with van der Waals surface area (Å²) < 4.78 is 0. The quantitative estimate of drug-likeness (QED) is 0.238. The zero-order chi connectivity index (χ0) is 5.58. The second-order valence-corrected chi connectivity index (χ2v) is 0.238. The predicted molar refractivity (Wildman–Crippen MR) is 25.5 cm³/mol. The van der Waals surface area contributed by atoms with Crippen molar-refractivity contribution in [3.63, 3.8) is 0 Å². The number of aliphatic hydroxyl groups excluding tert-OH is 1. The number of aliphatic hydroxyl groups is 1. The van der Waals surface area contributed by atoms with Crippen LogP contribution in [-0.4, -0.2) is 60.2 Å². The number of hydrogen-bond acceptors (Lipinski definition) is 3. The van der Waals surface area contributed by atoms with E-state index in [1.807, 2.05) is 0 Å². The molecular weight excluding hydrogens is 130 g/mol. The molecule has 42 valence electrons. The van der Waals surface area contributed by atoms with Gasteiger partial charge in [-0.3, -0.25) is 0 Å². The van der Waals surface area contributed by atoms with Crippen LogP contribution in [-0.2, 0) is 0 Å². The van der Waals surface area contributed by atoms with Crippen LogP contribution in [0.3, 0.4) is 0 Å². The molecule has 0 radical (unpaired) electrons. The molecule has 0 aliphatic carbocycles. The molecule has 6 heteroatoms. The van der Waals surface area contributed by atoms with Gasteiger partial charge in [0.1, 0.15) is 0 Å². The monoisotopic (exact) mass is 137 g/mol. The molecule has 0 aromatic carbocycles. The molecule has 0 atom stereocenters. The number of hydrogen-bond donors (Lipinski definition) is 2. The molecule has 0 aliphatic heterocycles. The number of nitrogens with zero attached hydrogens (tertiary/aromatic N) is 1. The summed E-state index contributed by atoms with van der Waals surface area (Å²) in [5, 5.41) is 20.6. The molecule has 0 aliphatic rings. The van der Waals surface area contributed by atoms with Gasteiger partial charge in [-0.05, 0) is 0 Å². The Hall–Kier alpha value is 0.420. The molecular formula is CH7CaNO4. The van der Waals surface area contributed by atoms with Gasteiger partial charge in [-0.25, -0.2) is 0 Å². The summed E-state index contributed by atoms with van der Waals surface area (Å²) in [5.41, 5.74) is 0. The molecule has 0 fully saturated rings. The van der Waals surface area contributed by atoms with E-state index in [1.165, 1.54) is 0 Å². The third kappa shape index (κ3) is 712. The van der Waals surface area contributed by atoms with Crippen molar-refractivity contribution in [3.8, 4) is 0 Å². The van der Waals surface area contributed by atoms with Crippen LogP contribution in [0.5, 0.6) is 0 Å². The predicted octanol–water partition coefficient (Wildman–Crippen LogP) is -1.66. The van der Waals surface area contributed by atoms with Gasteiger partial charge in [-0.2, -0.15) is 0 Å². The van der Waals surface area contributed by atoms with Gasteiger partial charge in [-0.1, -0.05) is 0 Å². The Morgan fingerprint density at radius 3 is 1.57 bits per heavy atom. The third-order valence-corrected chi connectivity index (χ3v) is 0. The molecule has 0 aromatic heterocycles. The zero-order valence-corrected chi connectivity index (χ0v) is 3.16. The van der Waals surface area contributed by atoms with Gasteiger partial charge < -0.3 is 10.3 Å². The summed E-state index contributed by atoms with van der Waals surface area (Å²) in [6.45, 7) is 0. The average Bonchev–Trinajstić information content (AvgIpc) is 1.41. The van der Waals surface area contributed by atoms with E-state index in [1.54, 1.807) is 0 Å². The molecule has 0 saturated heterocycles. The average molecular weight is 137 g/mol. The van der Waals surface area contributed by atoms with Gasteiger partial charge in [0.15, 0.2) is 0 Å². The van der Waals surface area contributed by atoms with Gasteiger partial charge in [0.25, 0.3) is 5.09 Å². The fourth-order valence-corrected chi connectivity index (χ4v) is 0. The molecule has 0 heterocycles. The van der Waals surface area contributed by atoms with E-state index < -0.39 is 5.09 Å². The third-order valence-electron chi connectivity index (χ3n) is 0. The Balaban J connectivity index is -0.0000000480. The van der Waals surface area contributed by atoms with Crippen molar-refractivity contribution in [2.45, 2.75) is 0 Å². The van der Waals surface area contributed by atoms with E-state index in [2.05, 4.69) is 0 Å². The van der Waals surface area contributed by atoms with Gasteiger partial charge >= 0.3 is 37.7 Å². The van der Waals surface area contributed by atoms with Crippen molar-refractivity contribution in [1.82, 2.24) is 0 Å². The first kappa shape index (κ1) is 15.7. The maximum absolute atomic E-state index is 8.36. The van der Waals surface area contributed by atoms with Crippen molar-refractivity contribution < 1.29 is 15.4 Å². The summed E-state index contributed by atoms with van der Waals surface area (Å²) in [6.07, 6.45) is 0. The Morgan fingerprint density at radius 2 is 1.57 bits per heavy atom. The van der Waals surface area contributed by atoms with E-state index in [-0.39, 0.29) is 37.7 Å². The molecule has 5 nitrogen and oxygen atoms in total. The molecule has 0 spiro atoms. The molecule has 0 amide bonds. The zero-order valence-electron chi connectivity index (χ0n) is 3.16. The Labute approximate surface area is 70.1 Å². The van der Waals surface area contributed by atoms with Crippen LogP contribution in [0.2, 0.25) is 0 Å². The summed E-state index contributed by atoms with van der Waals surface area (Å²) in [6, 6.07) is 0. The first-order valence-electron chi connectivity index (χ1n) is 1.01. The fraction of sp³-hybridized carbons (Fsp3) is 1.00. The first-order chi connectivity index (χ1) is 2.73. The Kier molecular flexibility index (Phi) is 36.1. The molecule has 0 bridgehead atoms. The van der Waals surface area contributed by atoms with E-state index in [9.17, 15) is 0 Å². The van der Waals surface area contributed by atoms with Crippen LogP contribution in [0.15, 0.2) is 0 Å². The summed E-state index contributed by atoms with van der Waals surface area (Å²) in [5.74, 6) is 0. The summed E-state index contributed by atoms with van der Waals surface area (Å²) >= 11 is 0. The SMILES string of the molecule is CO.O=[N+]([O-])O.[CaH2]. The molecule has 2 N–H and O–H groups in total. The maximum atomic E-state index is 8.36. The van der Waals surface area contributed by atoms with Crippen molar-refractivity contribution in [2.75, 3.05) is 7.11 Å². The molecule has 0 aromatic rings. The molecule has 0 unspecified atom stereocenters. The van der Waals surface area contributed by atoms with Crippen LogP contribution in [0.25, 0.3) is 0 Å². The molecule has 0 saturated carbocycles.